The first-order valence-electron chi connectivity index (χ1n) is 5.74. The predicted molar refractivity (Wildman–Crippen MR) is 60.7 cm³/mol. The van der Waals surface area contributed by atoms with Gasteiger partial charge in [-0.2, -0.15) is 5.10 Å². The van der Waals surface area contributed by atoms with Crippen molar-refractivity contribution in [3.8, 4) is 0 Å². The Labute approximate surface area is 91.3 Å². The van der Waals surface area contributed by atoms with Gasteiger partial charge in [-0.25, -0.2) is 0 Å². The molecule has 84 valence electrons. The molecular weight excluding hydrogens is 188 g/mol. The van der Waals surface area contributed by atoms with Gasteiger partial charge in [-0.05, 0) is 32.5 Å². The molecule has 1 aliphatic rings. The van der Waals surface area contributed by atoms with Crippen LogP contribution in [0.4, 0.5) is 0 Å². The zero-order valence-electron chi connectivity index (χ0n) is 9.39. The zero-order valence-corrected chi connectivity index (χ0v) is 9.39. The quantitative estimate of drug-likeness (QED) is 0.768. The van der Waals surface area contributed by atoms with E-state index in [-0.39, 0.29) is 0 Å². The smallest absolute Gasteiger partial charge is 0.0536 e. The molecule has 4 nitrogen and oxygen atoms in total. The average molecular weight is 208 g/mol. The van der Waals surface area contributed by atoms with Crippen LogP contribution in [0.2, 0.25) is 0 Å². The van der Waals surface area contributed by atoms with Gasteiger partial charge in [-0.1, -0.05) is 0 Å². The third-order valence-corrected chi connectivity index (χ3v) is 2.96. The summed E-state index contributed by atoms with van der Waals surface area (Å²) in [4.78, 5) is 2.38. The van der Waals surface area contributed by atoms with Crippen LogP contribution in [0.5, 0.6) is 0 Å². The topological polar surface area (TPSA) is 33.1 Å². The molecule has 1 atom stereocenters. The molecule has 1 aliphatic heterocycles. The highest BCUT2D eigenvalue weighted by Gasteiger charge is 2.15. The van der Waals surface area contributed by atoms with E-state index in [0.29, 0.717) is 6.04 Å². The first-order valence-corrected chi connectivity index (χ1v) is 5.74. The van der Waals surface area contributed by atoms with E-state index in [4.69, 9.17) is 0 Å². The molecule has 0 amide bonds. The van der Waals surface area contributed by atoms with Gasteiger partial charge in [0, 0.05) is 31.5 Å². The van der Waals surface area contributed by atoms with Crippen molar-refractivity contribution in [1.29, 1.82) is 0 Å². The summed E-state index contributed by atoms with van der Waals surface area (Å²) in [6.45, 7) is 4.40. The van der Waals surface area contributed by atoms with E-state index in [1.54, 1.807) is 0 Å². The van der Waals surface area contributed by atoms with Crippen molar-refractivity contribution in [3.05, 3.63) is 18.5 Å². The van der Waals surface area contributed by atoms with Gasteiger partial charge in [0.2, 0.25) is 0 Å². The second kappa shape index (κ2) is 5.28. The Bertz CT molecular complexity index is 264. The molecule has 1 N–H and O–H groups in total. The normalized spacial score (nSPS) is 21.3. The molecule has 0 aromatic carbocycles. The predicted octanol–water partition coefficient (Wildman–Crippen LogP) is 0.567. The van der Waals surface area contributed by atoms with Gasteiger partial charge in [0.1, 0.15) is 0 Å². The summed E-state index contributed by atoms with van der Waals surface area (Å²) in [6.07, 6.45) is 6.50. The first kappa shape index (κ1) is 10.6. The van der Waals surface area contributed by atoms with Crippen molar-refractivity contribution in [1.82, 2.24) is 20.0 Å². The largest absolute Gasteiger partial charge is 0.313 e. The molecule has 1 aromatic rings. The van der Waals surface area contributed by atoms with Crippen LogP contribution in [-0.2, 0) is 6.54 Å². The maximum Gasteiger partial charge on any atom is 0.0536 e. The van der Waals surface area contributed by atoms with E-state index >= 15 is 0 Å². The lowest BCUT2D eigenvalue weighted by Crippen LogP contribution is -2.36. The van der Waals surface area contributed by atoms with Crippen LogP contribution in [0.1, 0.15) is 12.8 Å². The van der Waals surface area contributed by atoms with Crippen molar-refractivity contribution >= 4 is 0 Å². The molecule has 1 unspecified atom stereocenters. The van der Waals surface area contributed by atoms with E-state index in [2.05, 4.69) is 22.4 Å². The zero-order chi connectivity index (χ0) is 10.5. The average Bonchev–Trinajstić information content (AvgIpc) is 2.86. The van der Waals surface area contributed by atoms with Gasteiger partial charge < -0.3 is 10.2 Å². The number of hydrogen-bond donors (Lipinski definition) is 1. The molecular formula is C11H20N4. The molecule has 0 saturated carbocycles. The van der Waals surface area contributed by atoms with Gasteiger partial charge >= 0.3 is 0 Å². The molecule has 1 fully saturated rings. The van der Waals surface area contributed by atoms with Gasteiger partial charge in [-0.3, -0.25) is 4.68 Å². The Balaban J connectivity index is 1.66. The highest BCUT2D eigenvalue weighted by molar-refractivity contribution is 4.79. The fourth-order valence-corrected chi connectivity index (χ4v) is 2.09. The van der Waals surface area contributed by atoms with E-state index < -0.39 is 0 Å². The SMILES string of the molecule is CN(CCn1cccn1)CC1CCCN1. The van der Waals surface area contributed by atoms with Crippen LogP contribution in [0.25, 0.3) is 0 Å². The van der Waals surface area contributed by atoms with Gasteiger partial charge in [0.15, 0.2) is 0 Å². The molecule has 4 heteroatoms. The molecule has 0 radical (unpaired) electrons. The fourth-order valence-electron chi connectivity index (χ4n) is 2.09. The monoisotopic (exact) mass is 208 g/mol. The lowest BCUT2D eigenvalue weighted by atomic mass is 10.2. The summed E-state index contributed by atoms with van der Waals surface area (Å²) in [6, 6.07) is 2.67. The molecule has 15 heavy (non-hydrogen) atoms. The van der Waals surface area contributed by atoms with Crippen molar-refractivity contribution < 1.29 is 0 Å². The van der Waals surface area contributed by atoms with Gasteiger partial charge in [0.25, 0.3) is 0 Å². The van der Waals surface area contributed by atoms with Crippen LogP contribution in [0.3, 0.4) is 0 Å². The number of aromatic nitrogens is 2. The van der Waals surface area contributed by atoms with Crippen LogP contribution in [0.15, 0.2) is 18.5 Å². The fraction of sp³-hybridized carbons (Fsp3) is 0.727. The lowest BCUT2D eigenvalue weighted by molar-refractivity contribution is 0.284. The third kappa shape index (κ3) is 3.32. The highest BCUT2D eigenvalue weighted by atomic mass is 15.3. The van der Waals surface area contributed by atoms with E-state index in [0.717, 1.165) is 19.6 Å². The summed E-state index contributed by atoms with van der Waals surface area (Å²) >= 11 is 0. The Morgan fingerprint density at radius 1 is 1.60 bits per heavy atom. The van der Waals surface area contributed by atoms with Crippen LogP contribution in [0, 0.1) is 0 Å². The van der Waals surface area contributed by atoms with Gasteiger partial charge in [-0.15, -0.1) is 0 Å². The molecule has 0 aliphatic carbocycles. The second-order valence-corrected chi connectivity index (χ2v) is 4.32. The second-order valence-electron chi connectivity index (χ2n) is 4.32. The van der Waals surface area contributed by atoms with Crippen molar-refractivity contribution in [2.45, 2.75) is 25.4 Å². The van der Waals surface area contributed by atoms with Crippen molar-refractivity contribution in [2.24, 2.45) is 0 Å². The molecule has 0 spiro atoms. The Hall–Kier alpha value is -0.870. The minimum Gasteiger partial charge on any atom is -0.313 e. The highest BCUT2D eigenvalue weighted by Crippen LogP contribution is 2.05. The molecule has 2 rings (SSSR count). The summed E-state index contributed by atoms with van der Waals surface area (Å²) in [5.74, 6) is 0. The van der Waals surface area contributed by atoms with Crippen LogP contribution in [-0.4, -0.2) is 47.4 Å². The Morgan fingerprint density at radius 2 is 2.53 bits per heavy atom. The molecule has 2 heterocycles. The summed E-state index contributed by atoms with van der Waals surface area (Å²) in [5.41, 5.74) is 0. The van der Waals surface area contributed by atoms with Crippen molar-refractivity contribution in [2.75, 3.05) is 26.7 Å². The number of nitrogens with zero attached hydrogens (tertiary/aromatic N) is 3. The molecule has 0 bridgehead atoms. The minimum absolute atomic E-state index is 0.702. The van der Waals surface area contributed by atoms with Crippen molar-refractivity contribution in [3.63, 3.8) is 0 Å². The summed E-state index contributed by atoms with van der Waals surface area (Å²) in [5, 5.41) is 7.71. The standard InChI is InChI=1S/C11H20N4/c1-14(10-11-4-2-5-12-11)8-9-15-7-3-6-13-15/h3,6-7,11-12H,2,4-5,8-10H2,1H3. The van der Waals surface area contributed by atoms with E-state index in [1.807, 2.05) is 23.1 Å². The van der Waals surface area contributed by atoms with Gasteiger partial charge in [0.05, 0.1) is 6.54 Å². The molecule has 1 saturated heterocycles. The summed E-state index contributed by atoms with van der Waals surface area (Å²) in [7, 11) is 2.18. The van der Waals surface area contributed by atoms with E-state index in [9.17, 15) is 0 Å². The number of nitrogens with one attached hydrogen (secondary N) is 1. The van der Waals surface area contributed by atoms with Crippen LogP contribution >= 0.6 is 0 Å². The minimum atomic E-state index is 0.702. The maximum atomic E-state index is 4.19. The number of likely N-dealkylation sites (N-methyl/N-ethyl adjacent to an activating group) is 1. The Kier molecular flexibility index (Phi) is 3.75. The Morgan fingerprint density at radius 3 is 3.20 bits per heavy atom. The maximum absolute atomic E-state index is 4.19. The summed E-state index contributed by atoms with van der Waals surface area (Å²) < 4.78 is 1.98. The lowest BCUT2D eigenvalue weighted by Gasteiger charge is -2.20. The van der Waals surface area contributed by atoms with E-state index in [1.165, 1.54) is 19.4 Å². The third-order valence-electron chi connectivity index (χ3n) is 2.96. The first-order chi connectivity index (χ1) is 7.34. The number of hydrogen-bond acceptors (Lipinski definition) is 3. The van der Waals surface area contributed by atoms with Crippen LogP contribution < -0.4 is 5.32 Å². The molecule has 1 aromatic heterocycles. The number of rotatable bonds is 5.